The van der Waals surface area contributed by atoms with E-state index in [-0.39, 0.29) is 0 Å². The molecule has 0 unspecified atom stereocenters. The smallest absolute Gasteiger partial charge is 0.204 e. The Labute approximate surface area is 95.6 Å². The van der Waals surface area contributed by atoms with Crippen molar-refractivity contribution in [2.45, 2.75) is 0 Å². The second-order valence-electron chi connectivity index (χ2n) is 3.41. The molecule has 5 heteroatoms. The van der Waals surface area contributed by atoms with Crippen LogP contribution in [-0.4, -0.2) is 5.16 Å². The minimum absolute atomic E-state index is 0.327. The molecule has 0 fully saturated rings. The van der Waals surface area contributed by atoms with Gasteiger partial charge in [-0.2, -0.15) is 0 Å². The number of fused-ring (bicyclic) bond motifs is 1. The largest absolute Gasteiger partial charge is 0.453 e. The molecule has 0 spiro atoms. The van der Waals surface area contributed by atoms with Gasteiger partial charge in [-0.3, -0.25) is 0 Å². The Bertz CT molecular complexity index is 657. The van der Waals surface area contributed by atoms with Crippen LogP contribution in [0.1, 0.15) is 0 Å². The van der Waals surface area contributed by atoms with Crippen molar-refractivity contribution in [1.29, 1.82) is 0 Å². The summed E-state index contributed by atoms with van der Waals surface area (Å²) >= 11 is 5.88. The van der Waals surface area contributed by atoms with Gasteiger partial charge in [0.25, 0.3) is 0 Å². The van der Waals surface area contributed by atoms with E-state index >= 15 is 0 Å². The Morgan fingerprint density at radius 2 is 2.00 bits per heavy atom. The highest BCUT2D eigenvalue weighted by molar-refractivity contribution is 6.31. The normalized spacial score (nSPS) is 11.1. The maximum absolute atomic E-state index is 5.88. The van der Waals surface area contributed by atoms with Crippen LogP contribution in [0.3, 0.4) is 0 Å². The molecule has 2 aromatic heterocycles. The highest BCUT2D eigenvalue weighted by Gasteiger charge is 2.10. The van der Waals surface area contributed by atoms with Gasteiger partial charge in [0.1, 0.15) is 5.58 Å². The summed E-state index contributed by atoms with van der Waals surface area (Å²) in [6, 6.07) is 8.84. The Morgan fingerprint density at radius 3 is 2.75 bits per heavy atom. The van der Waals surface area contributed by atoms with Gasteiger partial charge in [0.15, 0.2) is 11.6 Å². The zero-order valence-electron chi connectivity index (χ0n) is 8.11. The van der Waals surface area contributed by atoms with Gasteiger partial charge in [-0.05, 0) is 24.3 Å². The Balaban J connectivity index is 2.18. The number of nitrogens with two attached hydrogens (primary N) is 1. The predicted molar refractivity (Wildman–Crippen MR) is 61.1 cm³/mol. The van der Waals surface area contributed by atoms with Crippen LogP contribution >= 0.6 is 11.6 Å². The molecule has 2 heterocycles. The molecule has 0 amide bonds. The molecule has 3 rings (SSSR count). The number of hydrogen-bond donors (Lipinski definition) is 1. The first-order valence-electron chi connectivity index (χ1n) is 4.64. The maximum atomic E-state index is 5.88. The van der Waals surface area contributed by atoms with Crippen LogP contribution in [0.25, 0.3) is 22.5 Å². The van der Waals surface area contributed by atoms with Crippen molar-refractivity contribution in [3.63, 3.8) is 0 Å². The summed E-state index contributed by atoms with van der Waals surface area (Å²) in [7, 11) is 0. The number of halogens is 1. The zero-order valence-corrected chi connectivity index (χ0v) is 8.86. The van der Waals surface area contributed by atoms with E-state index in [1.807, 2.05) is 12.1 Å². The van der Waals surface area contributed by atoms with E-state index in [1.54, 1.807) is 18.2 Å². The van der Waals surface area contributed by atoms with Gasteiger partial charge in [-0.15, -0.1) is 0 Å². The first-order chi connectivity index (χ1) is 7.72. The molecule has 80 valence electrons. The third kappa shape index (κ3) is 1.44. The third-order valence-corrected chi connectivity index (χ3v) is 2.48. The molecule has 16 heavy (non-hydrogen) atoms. The molecule has 0 aliphatic rings. The lowest BCUT2D eigenvalue weighted by Gasteiger charge is -1.87. The monoisotopic (exact) mass is 234 g/mol. The lowest BCUT2D eigenvalue weighted by atomic mass is 10.2. The summed E-state index contributed by atoms with van der Waals surface area (Å²) in [5.41, 5.74) is 6.21. The van der Waals surface area contributed by atoms with E-state index in [1.165, 1.54) is 0 Å². The highest BCUT2D eigenvalue weighted by atomic mass is 35.5. The van der Waals surface area contributed by atoms with Crippen LogP contribution in [0.5, 0.6) is 0 Å². The van der Waals surface area contributed by atoms with E-state index in [2.05, 4.69) is 5.16 Å². The summed E-state index contributed by atoms with van der Waals surface area (Å²) in [6.45, 7) is 0. The predicted octanol–water partition coefficient (Wildman–Crippen LogP) is 3.32. The standard InChI is InChI=1S/C11H7ClN2O2/c12-7-1-2-8-6(3-7)4-9(15-8)10-5-11(13)14-16-10/h1-5H,(H2,13,14). The third-order valence-electron chi connectivity index (χ3n) is 2.25. The molecule has 0 atom stereocenters. The SMILES string of the molecule is Nc1cc(-c2cc3cc(Cl)ccc3o2)on1. The van der Waals surface area contributed by atoms with Crippen LogP contribution in [0.4, 0.5) is 5.82 Å². The quantitative estimate of drug-likeness (QED) is 0.701. The van der Waals surface area contributed by atoms with Crippen molar-refractivity contribution < 1.29 is 8.94 Å². The summed E-state index contributed by atoms with van der Waals surface area (Å²) in [5, 5.41) is 5.18. The van der Waals surface area contributed by atoms with Gasteiger partial charge >= 0.3 is 0 Å². The molecule has 0 saturated heterocycles. The molecule has 3 aromatic rings. The number of nitrogen functional groups attached to an aromatic ring is 1. The summed E-state index contributed by atoms with van der Waals surface area (Å²) in [5.74, 6) is 1.42. The van der Waals surface area contributed by atoms with Crippen LogP contribution < -0.4 is 5.73 Å². The van der Waals surface area contributed by atoms with Crippen molar-refractivity contribution in [1.82, 2.24) is 5.16 Å². The van der Waals surface area contributed by atoms with Gasteiger partial charge in [-0.25, -0.2) is 0 Å². The molecule has 2 N–H and O–H groups in total. The maximum Gasteiger partial charge on any atom is 0.204 e. The fraction of sp³-hybridized carbons (Fsp3) is 0. The van der Waals surface area contributed by atoms with Crippen LogP contribution in [0.2, 0.25) is 5.02 Å². The summed E-state index contributed by atoms with van der Waals surface area (Å²) in [6.07, 6.45) is 0. The molecule has 0 aliphatic heterocycles. The number of furan rings is 1. The molecule has 0 radical (unpaired) electrons. The van der Waals surface area contributed by atoms with Crippen molar-refractivity contribution in [2.24, 2.45) is 0 Å². The molecule has 0 bridgehead atoms. The molecular weight excluding hydrogens is 228 g/mol. The van der Waals surface area contributed by atoms with E-state index in [0.29, 0.717) is 22.4 Å². The minimum atomic E-state index is 0.327. The number of nitrogens with zero attached hydrogens (tertiary/aromatic N) is 1. The topological polar surface area (TPSA) is 65.2 Å². The number of hydrogen-bond acceptors (Lipinski definition) is 4. The zero-order chi connectivity index (χ0) is 11.1. The number of rotatable bonds is 1. The van der Waals surface area contributed by atoms with Gasteiger partial charge < -0.3 is 14.7 Å². The van der Waals surface area contributed by atoms with Crippen molar-refractivity contribution in [2.75, 3.05) is 5.73 Å². The van der Waals surface area contributed by atoms with E-state index in [4.69, 9.17) is 26.3 Å². The van der Waals surface area contributed by atoms with Crippen LogP contribution in [0.15, 0.2) is 39.3 Å². The van der Waals surface area contributed by atoms with Crippen LogP contribution in [0, 0.1) is 0 Å². The average molecular weight is 235 g/mol. The Morgan fingerprint density at radius 1 is 1.12 bits per heavy atom. The van der Waals surface area contributed by atoms with E-state index in [9.17, 15) is 0 Å². The van der Waals surface area contributed by atoms with Crippen LogP contribution in [-0.2, 0) is 0 Å². The molecule has 4 nitrogen and oxygen atoms in total. The highest BCUT2D eigenvalue weighted by Crippen LogP contribution is 2.30. The number of anilines is 1. The fourth-order valence-electron chi connectivity index (χ4n) is 1.54. The lowest BCUT2D eigenvalue weighted by Crippen LogP contribution is -1.79. The number of benzene rings is 1. The van der Waals surface area contributed by atoms with Gasteiger partial charge in [0.2, 0.25) is 5.76 Å². The minimum Gasteiger partial charge on any atom is -0.453 e. The first kappa shape index (κ1) is 9.30. The molecule has 0 aliphatic carbocycles. The van der Waals surface area contributed by atoms with E-state index in [0.717, 1.165) is 11.0 Å². The molecular formula is C11H7ClN2O2. The summed E-state index contributed by atoms with van der Waals surface area (Å²) in [4.78, 5) is 0. The van der Waals surface area contributed by atoms with Gasteiger partial charge in [0, 0.05) is 16.5 Å². The summed E-state index contributed by atoms with van der Waals surface area (Å²) < 4.78 is 10.6. The van der Waals surface area contributed by atoms with Crippen molar-refractivity contribution >= 4 is 28.4 Å². The van der Waals surface area contributed by atoms with Gasteiger partial charge in [0.05, 0.1) is 0 Å². The molecule has 0 saturated carbocycles. The van der Waals surface area contributed by atoms with Crippen molar-refractivity contribution in [3.8, 4) is 11.5 Å². The fourth-order valence-corrected chi connectivity index (χ4v) is 1.72. The lowest BCUT2D eigenvalue weighted by molar-refractivity contribution is 0.424. The second-order valence-corrected chi connectivity index (χ2v) is 3.85. The molecule has 1 aromatic carbocycles. The first-order valence-corrected chi connectivity index (χ1v) is 5.02. The Hall–Kier alpha value is -1.94. The van der Waals surface area contributed by atoms with E-state index < -0.39 is 0 Å². The van der Waals surface area contributed by atoms with Crippen molar-refractivity contribution in [3.05, 3.63) is 35.4 Å². The number of aromatic nitrogens is 1. The second kappa shape index (κ2) is 3.28. The van der Waals surface area contributed by atoms with Gasteiger partial charge in [-0.1, -0.05) is 16.8 Å². The Kier molecular flexibility index (Phi) is 1.91. The average Bonchev–Trinajstić information content (AvgIpc) is 2.83.